The molecule has 0 aliphatic heterocycles. The summed E-state index contributed by atoms with van der Waals surface area (Å²) in [6, 6.07) is 12.6. The maximum atomic E-state index is 13.0. The number of benzene rings is 2. The molecule has 1 aromatic heterocycles. The number of sulfonamides is 1. The Morgan fingerprint density at radius 1 is 1.05 bits per heavy atom. The summed E-state index contributed by atoms with van der Waals surface area (Å²) >= 11 is 13.3. The van der Waals surface area contributed by atoms with Crippen LogP contribution >= 0.6 is 34.5 Å². The Hall–Kier alpha value is -2.17. The molecule has 200 valence electrons. The first kappa shape index (κ1) is 29.4. The van der Waals surface area contributed by atoms with Gasteiger partial charge in [-0.25, -0.2) is 13.1 Å². The predicted octanol–water partition coefficient (Wildman–Crippen LogP) is 5.62. The molecule has 0 radical (unpaired) electrons. The molecule has 2 aromatic carbocycles. The molecule has 1 unspecified atom stereocenters. The molecule has 1 heterocycles. The number of nitrogens with one attached hydrogen (secondary N) is 3. The zero-order chi connectivity index (χ0) is 27.2. The van der Waals surface area contributed by atoms with Crippen molar-refractivity contribution in [1.29, 1.82) is 0 Å². The van der Waals surface area contributed by atoms with Crippen LogP contribution in [-0.2, 0) is 14.8 Å². The smallest absolute Gasteiger partial charge is 0.262 e. The van der Waals surface area contributed by atoms with Gasteiger partial charge in [0.15, 0.2) is 0 Å². The minimum atomic E-state index is -3.87. The van der Waals surface area contributed by atoms with E-state index in [1.165, 1.54) is 29.5 Å². The van der Waals surface area contributed by atoms with Crippen LogP contribution in [0.2, 0.25) is 10.0 Å². The number of carbonyl (C=O) groups excluding carboxylic acids is 2. The highest BCUT2D eigenvalue weighted by molar-refractivity contribution is 7.89. The van der Waals surface area contributed by atoms with Crippen molar-refractivity contribution in [2.75, 3.05) is 6.54 Å². The highest BCUT2D eigenvalue weighted by atomic mass is 35.5. The monoisotopic (exact) mass is 583 g/mol. The second kappa shape index (κ2) is 13.1. The van der Waals surface area contributed by atoms with Crippen LogP contribution in [0.5, 0.6) is 0 Å². The lowest BCUT2D eigenvalue weighted by Crippen LogP contribution is -2.48. The van der Waals surface area contributed by atoms with Gasteiger partial charge in [-0.1, -0.05) is 62.2 Å². The van der Waals surface area contributed by atoms with E-state index in [4.69, 9.17) is 23.2 Å². The highest BCUT2D eigenvalue weighted by Gasteiger charge is 2.25. The first-order valence-corrected chi connectivity index (χ1v) is 15.1. The van der Waals surface area contributed by atoms with E-state index in [0.717, 1.165) is 10.1 Å². The molecule has 0 aliphatic rings. The van der Waals surface area contributed by atoms with Crippen LogP contribution in [0, 0.1) is 5.92 Å². The second-order valence-electron chi connectivity index (χ2n) is 9.18. The highest BCUT2D eigenvalue weighted by Crippen LogP contribution is 2.26. The zero-order valence-corrected chi connectivity index (χ0v) is 24.0. The minimum absolute atomic E-state index is 0.0362. The van der Waals surface area contributed by atoms with E-state index in [1.54, 1.807) is 0 Å². The Morgan fingerprint density at radius 2 is 1.78 bits per heavy atom. The van der Waals surface area contributed by atoms with Crippen molar-refractivity contribution in [3.05, 3.63) is 63.5 Å². The van der Waals surface area contributed by atoms with Gasteiger partial charge in [0, 0.05) is 22.3 Å². The molecule has 3 aromatic rings. The van der Waals surface area contributed by atoms with E-state index in [0.29, 0.717) is 29.2 Å². The van der Waals surface area contributed by atoms with Crippen LogP contribution in [0.25, 0.3) is 10.1 Å². The van der Waals surface area contributed by atoms with Crippen LogP contribution < -0.4 is 15.4 Å². The summed E-state index contributed by atoms with van der Waals surface area (Å²) in [5.41, 5.74) is 0. The average molecular weight is 585 g/mol. The Balaban J connectivity index is 1.59. The maximum Gasteiger partial charge on any atom is 0.262 e. The van der Waals surface area contributed by atoms with Crippen molar-refractivity contribution >= 4 is 66.5 Å². The largest absolute Gasteiger partial charge is 0.354 e. The van der Waals surface area contributed by atoms with Crippen LogP contribution in [0.1, 0.15) is 49.7 Å². The summed E-state index contributed by atoms with van der Waals surface area (Å²) in [5.74, 6) is -0.416. The number of fused-ring (bicyclic) bond motifs is 1. The lowest BCUT2D eigenvalue weighted by molar-refractivity contribution is -0.123. The van der Waals surface area contributed by atoms with Gasteiger partial charge in [-0.2, -0.15) is 0 Å². The molecule has 0 bridgehead atoms. The molecule has 37 heavy (non-hydrogen) atoms. The number of rotatable bonds is 12. The van der Waals surface area contributed by atoms with Crippen LogP contribution in [0.3, 0.4) is 0 Å². The third-order valence-electron chi connectivity index (χ3n) is 5.77. The number of halogens is 2. The molecule has 0 saturated heterocycles. The van der Waals surface area contributed by atoms with E-state index in [9.17, 15) is 18.0 Å². The van der Waals surface area contributed by atoms with Gasteiger partial charge in [-0.3, -0.25) is 9.59 Å². The van der Waals surface area contributed by atoms with Gasteiger partial charge in [0.25, 0.3) is 5.91 Å². The van der Waals surface area contributed by atoms with Gasteiger partial charge < -0.3 is 10.6 Å². The van der Waals surface area contributed by atoms with Crippen molar-refractivity contribution in [2.24, 2.45) is 5.92 Å². The number of carbonyl (C=O) groups is 2. The van der Waals surface area contributed by atoms with E-state index in [2.05, 4.69) is 15.4 Å². The Kier molecular flexibility index (Phi) is 10.4. The Bertz CT molecular complexity index is 1330. The molecular weight excluding hydrogens is 553 g/mol. The Morgan fingerprint density at radius 3 is 2.43 bits per heavy atom. The van der Waals surface area contributed by atoms with E-state index in [1.807, 2.05) is 51.1 Å². The molecule has 0 saturated carbocycles. The van der Waals surface area contributed by atoms with Gasteiger partial charge in [0.1, 0.15) is 10.9 Å². The molecule has 0 aliphatic carbocycles. The van der Waals surface area contributed by atoms with Gasteiger partial charge >= 0.3 is 0 Å². The number of hydrogen-bond acceptors (Lipinski definition) is 5. The predicted molar refractivity (Wildman–Crippen MR) is 151 cm³/mol. The van der Waals surface area contributed by atoms with Gasteiger partial charge in [-0.15, -0.1) is 11.3 Å². The number of amides is 2. The lowest BCUT2D eigenvalue weighted by Gasteiger charge is -2.21. The third kappa shape index (κ3) is 8.15. The van der Waals surface area contributed by atoms with Gasteiger partial charge in [0.2, 0.25) is 15.9 Å². The van der Waals surface area contributed by atoms with Crippen molar-refractivity contribution in [1.82, 2.24) is 15.4 Å². The van der Waals surface area contributed by atoms with E-state index < -0.39 is 22.1 Å². The molecule has 3 N–H and O–H groups in total. The molecule has 0 fully saturated rings. The zero-order valence-electron chi connectivity index (χ0n) is 20.9. The van der Waals surface area contributed by atoms with Crippen molar-refractivity contribution in [2.45, 2.75) is 57.0 Å². The fraction of sp³-hybridized carbons (Fsp3) is 0.385. The topological polar surface area (TPSA) is 104 Å². The molecule has 2 atom stereocenters. The summed E-state index contributed by atoms with van der Waals surface area (Å²) in [7, 11) is -3.87. The van der Waals surface area contributed by atoms with Gasteiger partial charge in [0.05, 0.1) is 9.90 Å². The normalized spacial score (nSPS) is 13.5. The molecule has 2 amide bonds. The molecule has 0 spiro atoms. The van der Waals surface area contributed by atoms with Crippen molar-refractivity contribution in [3.63, 3.8) is 0 Å². The molecule has 3 rings (SSSR count). The Labute approximate surface area is 232 Å². The third-order valence-corrected chi connectivity index (χ3v) is 9.12. The minimum Gasteiger partial charge on any atom is -0.354 e. The second-order valence-corrected chi connectivity index (χ2v) is 12.8. The van der Waals surface area contributed by atoms with E-state index in [-0.39, 0.29) is 34.2 Å². The average Bonchev–Trinajstić information content (AvgIpc) is 3.27. The molecule has 11 heteroatoms. The summed E-state index contributed by atoms with van der Waals surface area (Å²) in [4.78, 5) is 26.4. The van der Waals surface area contributed by atoms with Gasteiger partial charge in [-0.05, 0) is 60.9 Å². The standard InChI is InChI=1S/C26H31Cl2N3O4S2/c1-4-19(31-37(34,35)24-10-9-18(27)15-20(24)28)11-12-29-25(32)21(13-16(2)3)30-26(33)23-14-17-7-5-6-8-22(17)36-23/h5-10,14-16,19,21,31H,4,11-13H2,1-3H3,(H,29,32)(H,30,33)/t19?,21-/m0/s1. The van der Waals surface area contributed by atoms with Crippen LogP contribution in [0.4, 0.5) is 0 Å². The lowest BCUT2D eigenvalue weighted by atomic mass is 10.0. The summed E-state index contributed by atoms with van der Waals surface area (Å²) in [5, 5.41) is 7.08. The van der Waals surface area contributed by atoms with Crippen molar-refractivity contribution in [3.8, 4) is 0 Å². The first-order chi connectivity index (χ1) is 17.5. The van der Waals surface area contributed by atoms with E-state index >= 15 is 0 Å². The summed E-state index contributed by atoms with van der Waals surface area (Å²) in [6.07, 6.45) is 1.35. The SMILES string of the molecule is CCC(CCNC(=O)[C@H](CC(C)C)NC(=O)c1cc2ccccc2s1)NS(=O)(=O)c1ccc(Cl)cc1Cl. The maximum absolute atomic E-state index is 13.0. The first-order valence-electron chi connectivity index (χ1n) is 12.0. The van der Waals surface area contributed by atoms with Crippen molar-refractivity contribution < 1.29 is 18.0 Å². The fourth-order valence-electron chi connectivity index (χ4n) is 3.84. The van der Waals surface area contributed by atoms with Crippen LogP contribution in [-0.4, -0.2) is 38.9 Å². The fourth-order valence-corrected chi connectivity index (χ4v) is 6.93. The molecule has 7 nitrogen and oxygen atoms in total. The molecular formula is C26H31Cl2N3O4S2. The quantitative estimate of drug-likeness (QED) is 0.257. The summed E-state index contributed by atoms with van der Waals surface area (Å²) < 4.78 is 29.3. The number of hydrogen-bond donors (Lipinski definition) is 3. The van der Waals surface area contributed by atoms with Crippen LogP contribution in [0.15, 0.2) is 53.4 Å². The summed E-state index contributed by atoms with van der Waals surface area (Å²) in [6.45, 7) is 6.05. The number of thiophene rings is 1.